The maximum absolute atomic E-state index is 6.42. The lowest BCUT2D eigenvalue weighted by molar-refractivity contribution is 0.208. The Morgan fingerprint density at radius 3 is 2.70 bits per heavy atom. The molecule has 0 heterocycles. The van der Waals surface area contributed by atoms with Gasteiger partial charge in [-0.25, -0.2) is 0 Å². The fraction of sp³-hybridized carbons (Fsp3) is 0.684. The molecule has 2 N–H and O–H groups in total. The molecule has 0 bridgehead atoms. The van der Waals surface area contributed by atoms with Crippen LogP contribution in [-0.2, 0) is 11.8 Å². The first-order chi connectivity index (χ1) is 9.50. The zero-order chi connectivity index (χ0) is 14.5. The molecule has 1 aromatic carbocycles. The van der Waals surface area contributed by atoms with Crippen LogP contribution in [0.15, 0.2) is 12.1 Å². The minimum Gasteiger partial charge on any atom is -0.330 e. The first-order valence-corrected chi connectivity index (χ1v) is 8.30. The topological polar surface area (TPSA) is 26.0 Å². The predicted octanol–water partition coefficient (Wildman–Crippen LogP) is 4.27. The van der Waals surface area contributed by atoms with Gasteiger partial charge in [-0.15, -0.1) is 0 Å². The Balaban J connectivity index is 2.19. The highest BCUT2D eigenvalue weighted by Gasteiger charge is 2.65. The summed E-state index contributed by atoms with van der Waals surface area (Å²) in [6.07, 6.45) is 6.49. The monoisotopic (exact) mass is 271 g/mol. The molecule has 1 nitrogen and oxygen atoms in total. The molecule has 2 aliphatic carbocycles. The normalized spacial score (nSPS) is 34.5. The molecular weight excluding hydrogens is 242 g/mol. The molecule has 0 aromatic heterocycles. The van der Waals surface area contributed by atoms with Crippen molar-refractivity contribution in [2.75, 3.05) is 6.54 Å². The van der Waals surface area contributed by atoms with Crippen LogP contribution in [0.4, 0.5) is 0 Å². The van der Waals surface area contributed by atoms with Gasteiger partial charge in [0.05, 0.1) is 0 Å². The molecule has 1 heteroatoms. The molecule has 0 spiro atoms. The van der Waals surface area contributed by atoms with Gasteiger partial charge >= 0.3 is 0 Å². The van der Waals surface area contributed by atoms with E-state index in [9.17, 15) is 0 Å². The Morgan fingerprint density at radius 1 is 1.30 bits per heavy atom. The third-order valence-electron chi connectivity index (χ3n) is 6.58. The largest absolute Gasteiger partial charge is 0.330 e. The molecule has 0 amide bonds. The van der Waals surface area contributed by atoms with Crippen molar-refractivity contribution in [3.8, 4) is 0 Å². The van der Waals surface area contributed by atoms with Crippen molar-refractivity contribution in [1.29, 1.82) is 0 Å². The second kappa shape index (κ2) is 4.59. The Bertz CT molecular complexity index is 533. The van der Waals surface area contributed by atoms with Crippen LogP contribution in [0.1, 0.15) is 61.8 Å². The number of nitrogens with two attached hydrogens (primary N) is 1. The number of unbranched alkanes of at least 4 members (excludes halogenated alkanes) is 1. The molecule has 3 unspecified atom stereocenters. The molecule has 3 atom stereocenters. The quantitative estimate of drug-likeness (QED) is 0.869. The van der Waals surface area contributed by atoms with E-state index in [4.69, 9.17) is 5.73 Å². The molecule has 0 radical (unpaired) electrons. The summed E-state index contributed by atoms with van der Waals surface area (Å²) in [6, 6.07) is 4.69. The van der Waals surface area contributed by atoms with E-state index in [-0.39, 0.29) is 5.41 Å². The number of hydrogen-bond donors (Lipinski definition) is 1. The third-order valence-corrected chi connectivity index (χ3v) is 6.58. The molecular formula is C19H29N. The van der Waals surface area contributed by atoms with E-state index < -0.39 is 0 Å². The van der Waals surface area contributed by atoms with Gasteiger partial charge in [0.25, 0.3) is 0 Å². The summed E-state index contributed by atoms with van der Waals surface area (Å²) < 4.78 is 0. The number of benzene rings is 1. The maximum atomic E-state index is 6.42. The Labute approximate surface area is 124 Å². The van der Waals surface area contributed by atoms with Gasteiger partial charge in [-0.05, 0) is 66.7 Å². The van der Waals surface area contributed by atoms with Gasteiger partial charge in [0.2, 0.25) is 0 Å². The summed E-state index contributed by atoms with van der Waals surface area (Å²) in [5.41, 5.74) is 13.3. The van der Waals surface area contributed by atoms with E-state index in [0.717, 1.165) is 12.5 Å². The molecule has 1 fully saturated rings. The Kier molecular flexibility index (Phi) is 3.25. The van der Waals surface area contributed by atoms with Crippen LogP contribution in [0.2, 0.25) is 0 Å². The summed E-state index contributed by atoms with van der Waals surface area (Å²) in [7, 11) is 0. The van der Waals surface area contributed by atoms with E-state index in [0.29, 0.717) is 5.41 Å². The zero-order valence-electron chi connectivity index (χ0n) is 13.6. The smallest absolute Gasteiger partial charge is 0.0137 e. The van der Waals surface area contributed by atoms with Gasteiger partial charge in [-0.2, -0.15) is 0 Å². The van der Waals surface area contributed by atoms with Crippen molar-refractivity contribution in [1.82, 2.24) is 0 Å². The van der Waals surface area contributed by atoms with Crippen molar-refractivity contribution >= 4 is 0 Å². The molecule has 1 saturated carbocycles. The van der Waals surface area contributed by atoms with Crippen LogP contribution in [0.25, 0.3) is 0 Å². The lowest BCUT2D eigenvalue weighted by atomic mass is 9.59. The molecule has 3 rings (SSSR count). The summed E-state index contributed by atoms with van der Waals surface area (Å²) in [5.74, 6) is 0.873. The highest BCUT2D eigenvalue weighted by atomic mass is 14.7. The number of hydrogen-bond acceptors (Lipinski definition) is 1. The van der Waals surface area contributed by atoms with E-state index in [1.807, 2.05) is 0 Å². The molecule has 20 heavy (non-hydrogen) atoms. The van der Waals surface area contributed by atoms with Crippen LogP contribution in [-0.4, -0.2) is 6.54 Å². The fourth-order valence-corrected chi connectivity index (χ4v) is 4.92. The van der Waals surface area contributed by atoms with Crippen molar-refractivity contribution in [3.05, 3.63) is 34.4 Å². The second-order valence-corrected chi connectivity index (χ2v) is 7.45. The van der Waals surface area contributed by atoms with Gasteiger partial charge in [-0.3, -0.25) is 0 Å². The highest BCUT2D eigenvalue weighted by Crippen LogP contribution is 2.69. The van der Waals surface area contributed by atoms with Crippen molar-refractivity contribution in [2.24, 2.45) is 17.1 Å². The average Bonchev–Trinajstić information content (AvgIpc) is 3.11. The number of rotatable bonds is 4. The summed E-state index contributed by atoms with van der Waals surface area (Å²) in [6.45, 7) is 10.2. The minimum atomic E-state index is 0.233. The van der Waals surface area contributed by atoms with Crippen molar-refractivity contribution < 1.29 is 0 Å². The molecule has 110 valence electrons. The summed E-state index contributed by atoms with van der Waals surface area (Å²) in [5, 5.41) is 0. The summed E-state index contributed by atoms with van der Waals surface area (Å²) in [4.78, 5) is 0. The second-order valence-electron chi connectivity index (χ2n) is 7.45. The first-order valence-electron chi connectivity index (χ1n) is 8.30. The van der Waals surface area contributed by atoms with Crippen molar-refractivity contribution in [3.63, 3.8) is 0 Å². The predicted molar refractivity (Wildman–Crippen MR) is 86.1 cm³/mol. The standard InChI is InChI=1S/C19H29N/c1-5-6-9-19(12-20)17-14(3)13(2)7-8-15(17)10-16-11-18(16,19)4/h7-8,16H,5-6,9-12,20H2,1-4H3. The van der Waals surface area contributed by atoms with Crippen LogP contribution < -0.4 is 5.73 Å². The van der Waals surface area contributed by atoms with E-state index >= 15 is 0 Å². The van der Waals surface area contributed by atoms with Crippen molar-refractivity contribution in [2.45, 2.75) is 65.2 Å². The SMILES string of the molecule is CCCCC1(CN)c2c(ccc(C)c2C)CC2CC21C. The van der Waals surface area contributed by atoms with E-state index in [2.05, 4.69) is 39.8 Å². The maximum Gasteiger partial charge on any atom is 0.0137 e. The first kappa shape index (κ1) is 14.1. The van der Waals surface area contributed by atoms with Gasteiger partial charge in [0.1, 0.15) is 0 Å². The number of aryl methyl sites for hydroxylation is 1. The van der Waals surface area contributed by atoms with Gasteiger partial charge in [-0.1, -0.05) is 38.8 Å². The summed E-state index contributed by atoms with van der Waals surface area (Å²) >= 11 is 0. The Hall–Kier alpha value is -0.820. The van der Waals surface area contributed by atoms with E-state index in [1.54, 1.807) is 11.1 Å². The van der Waals surface area contributed by atoms with Gasteiger partial charge < -0.3 is 5.73 Å². The van der Waals surface area contributed by atoms with E-state index in [1.165, 1.54) is 43.2 Å². The molecule has 0 aliphatic heterocycles. The minimum absolute atomic E-state index is 0.233. The van der Waals surface area contributed by atoms with Crippen LogP contribution in [0.5, 0.6) is 0 Å². The van der Waals surface area contributed by atoms with Gasteiger partial charge in [0, 0.05) is 12.0 Å². The highest BCUT2D eigenvalue weighted by molar-refractivity contribution is 5.51. The number of fused-ring (bicyclic) bond motifs is 2. The lowest BCUT2D eigenvalue weighted by Gasteiger charge is -2.46. The van der Waals surface area contributed by atoms with Crippen LogP contribution >= 0.6 is 0 Å². The van der Waals surface area contributed by atoms with Gasteiger partial charge in [0.15, 0.2) is 0 Å². The third kappa shape index (κ3) is 1.65. The fourth-order valence-electron chi connectivity index (χ4n) is 4.92. The van der Waals surface area contributed by atoms with Crippen LogP contribution in [0, 0.1) is 25.2 Å². The molecule has 0 saturated heterocycles. The zero-order valence-corrected chi connectivity index (χ0v) is 13.6. The molecule has 2 aliphatic rings. The lowest BCUT2D eigenvalue weighted by Crippen LogP contribution is -2.47. The molecule has 1 aromatic rings. The van der Waals surface area contributed by atoms with Crippen LogP contribution in [0.3, 0.4) is 0 Å². The average molecular weight is 271 g/mol. The Morgan fingerprint density at radius 2 is 2.05 bits per heavy atom.